The smallest absolute Gasteiger partial charge is 0.313 e. The molecule has 0 saturated carbocycles. The zero-order valence-electron chi connectivity index (χ0n) is 15.0. The summed E-state index contributed by atoms with van der Waals surface area (Å²) in [5, 5.41) is 10.1. The number of aliphatic hydroxyl groups excluding tert-OH is 1. The Hall–Kier alpha value is -2.79. The first-order chi connectivity index (χ1) is 12.5. The van der Waals surface area contributed by atoms with Gasteiger partial charge in [-0.05, 0) is 31.0 Å². The van der Waals surface area contributed by atoms with Crippen LogP contribution in [0.3, 0.4) is 0 Å². The van der Waals surface area contributed by atoms with E-state index in [4.69, 9.17) is 4.74 Å². The third-order valence-corrected chi connectivity index (χ3v) is 3.84. The molecule has 0 aliphatic rings. The predicted octanol–water partition coefficient (Wildman–Crippen LogP) is 3.34. The van der Waals surface area contributed by atoms with Crippen molar-refractivity contribution < 1.29 is 19.4 Å². The molecular weight excluding hydrogens is 330 g/mol. The first-order valence-corrected chi connectivity index (χ1v) is 8.56. The second-order valence-corrected chi connectivity index (χ2v) is 5.87. The second kappa shape index (κ2) is 9.63. The van der Waals surface area contributed by atoms with E-state index in [9.17, 15) is 14.7 Å². The molecule has 1 atom stereocenters. The van der Waals surface area contributed by atoms with E-state index in [-0.39, 0.29) is 25.2 Å². The molecule has 1 aromatic carbocycles. The number of Topliss-reactive ketones (excluding diaryl/α,β-unsaturated/α-hetero) is 1. The quantitative estimate of drug-likeness (QED) is 0.582. The molecule has 1 heterocycles. The van der Waals surface area contributed by atoms with E-state index >= 15 is 0 Å². The van der Waals surface area contributed by atoms with Crippen LogP contribution in [0, 0.1) is 6.92 Å². The number of aromatic nitrogens is 1. The number of ether oxygens (including phenoxy) is 1. The number of hydrogen-bond acceptors (Lipinski definition) is 5. The standard InChI is InChI=1S/C21H23NO4/c1-3-26-21(25)14-18(24)13-17(23)9-10-19-15(2)22-12-11-20(19)16-7-5-4-6-8-16/h4-12,17,23H,3,13-14H2,1-2H3. The Morgan fingerprint density at radius 2 is 1.96 bits per heavy atom. The summed E-state index contributed by atoms with van der Waals surface area (Å²) in [6, 6.07) is 11.8. The van der Waals surface area contributed by atoms with Gasteiger partial charge in [0.15, 0.2) is 0 Å². The van der Waals surface area contributed by atoms with Crippen molar-refractivity contribution in [2.45, 2.75) is 32.8 Å². The van der Waals surface area contributed by atoms with Crippen LogP contribution in [0.25, 0.3) is 17.2 Å². The van der Waals surface area contributed by atoms with Crippen LogP contribution in [0.5, 0.6) is 0 Å². The van der Waals surface area contributed by atoms with Crippen molar-refractivity contribution in [3.8, 4) is 11.1 Å². The first kappa shape index (κ1) is 19.5. The summed E-state index contributed by atoms with van der Waals surface area (Å²) >= 11 is 0. The molecule has 0 aliphatic carbocycles. The van der Waals surface area contributed by atoms with Crippen molar-refractivity contribution >= 4 is 17.8 Å². The van der Waals surface area contributed by atoms with E-state index in [0.29, 0.717) is 0 Å². The summed E-state index contributed by atoms with van der Waals surface area (Å²) in [5.41, 5.74) is 3.76. The SMILES string of the molecule is CCOC(=O)CC(=O)CC(O)C=Cc1c(-c2ccccc2)ccnc1C. The zero-order chi connectivity index (χ0) is 18.9. The van der Waals surface area contributed by atoms with Crippen LogP contribution in [0.2, 0.25) is 0 Å². The highest BCUT2D eigenvalue weighted by Gasteiger charge is 2.14. The van der Waals surface area contributed by atoms with Gasteiger partial charge in [0.2, 0.25) is 0 Å². The highest BCUT2D eigenvalue weighted by Crippen LogP contribution is 2.26. The number of nitrogens with zero attached hydrogens (tertiary/aromatic N) is 1. The van der Waals surface area contributed by atoms with Gasteiger partial charge in [-0.25, -0.2) is 0 Å². The van der Waals surface area contributed by atoms with Gasteiger partial charge in [0.25, 0.3) is 0 Å². The molecule has 0 amide bonds. The van der Waals surface area contributed by atoms with Crippen LogP contribution in [0.4, 0.5) is 0 Å². The van der Waals surface area contributed by atoms with E-state index in [1.165, 1.54) is 0 Å². The van der Waals surface area contributed by atoms with Crippen LogP contribution in [-0.2, 0) is 14.3 Å². The molecular formula is C21H23NO4. The molecule has 5 nitrogen and oxygen atoms in total. The number of aliphatic hydroxyl groups is 1. The third kappa shape index (κ3) is 5.63. The second-order valence-electron chi connectivity index (χ2n) is 5.87. The lowest BCUT2D eigenvalue weighted by molar-refractivity contribution is -0.145. The van der Waals surface area contributed by atoms with Gasteiger partial charge in [0, 0.05) is 23.9 Å². The lowest BCUT2D eigenvalue weighted by atomic mass is 9.98. The molecule has 1 unspecified atom stereocenters. The van der Waals surface area contributed by atoms with Crippen molar-refractivity contribution in [1.82, 2.24) is 4.98 Å². The average Bonchev–Trinajstić information content (AvgIpc) is 2.61. The van der Waals surface area contributed by atoms with E-state index in [0.717, 1.165) is 22.4 Å². The average molecular weight is 353 g/mol. The molecule has 26 heavy (non-hydrogen) atoms. The number of rotatable bonds is 8. The monoisotopic (exact) mass is 353 g/mol. The van der Waals surface area contributed by atoms with Crippen molar-refractivity contribution in [3.05, 3.63) is 59.9 Å². The Bertz CT molecular complexity index is 784. The molecule has 2 rings (SSSR count). The highest BCUT2D eigenvalue weighted by atomic mass is 16.5. The molecule has 0 fully saturated rings. The molecule has 0 saturated heterocycles. The van der Waals surface area contributed by atoms with E-state index < -0.39 is 12.1 Å². The minimum atomic E-state index is -0.972. The minimum absolute atomic E-state index is 0.130. The topological polar surface area (TPSA) is 76.5 Å². The van der Waals surface area contributed by atoms with Crippen molar-refractivity contribution in [2.24, 2.45) is 0 Å². The van der Waals surface area contributed by atoms with Crippen LogP contribution in [0.15, 0.2) is 48.7 Å². The van der Waals surface area contributed by atoms with E-state index in [2.05, 4.69) is 4.98 Å². The molecule has 0 spiro atoms. The Morgan fingerprint density at radius 1 is 1.23 bits per heavy atom. The fourth-order valence-electron chi connectivity index (χ4n) is 2.61. The van der Waals surface area contributed by atoms with E-state index in [1.807, 2.05) is 43.3 Å². The van der Waals surface area contributed by atoms with Crippen molar-refractivity contribution in [3.63, 3.8) is 0 Å². The molecule has 0 bridgehead atoms. The van der Waals surface area contributed by atoms with Crippen molar-refractivity contribution in [1.29, 1.82) is 0 Å². The number of hydrogen-bond donors (Lipinski definition) is 1. The number of aryl methyl sites for hydroxylation is 1. The molecule has 136 valence electrons. The predicted molar refractivity (Wildman–Crippen MR) is 100 cm³/mol. The Labute approximate surface area is 153 Å². The minimum Gasteiger partial charge on any atom is -0.466 e. The Balaban J connectivity index is 2.10. The van der Waals surface area contributed by atoms with Gasteiger partial charge < -0.3 is 9.84 Å². The van der Waals surface area contributed by atoms with Gasteiger partial charge in [0.05, 0.1) is 12.7 Å². The van der Waals surface area contributed by atoms with Crippen LogP contribution in [-0.4, -0.2) is 34.6 Å². The van der Waals surface area contributed by atoms with Crippen LogP contribution >= 0.6 is 0 Å². The molecule has 5 heteroatoms. The Morgan fingerprint density at radius 3 is 2.65 bits per heavy atom. The maximum Gasteiger partial charge on any atom is 0.313 e. The van der Waals surface area contributed by atoms with Crippen LogP contribution in [0.1, 0.15) is 31.0 Å². The van der Waals surface area contributed by atoms with Gasteiger partial charge in [-0.1, -0.05) is 42.5 Å². The number of esters is 1. The molecule has 1 N–H and O–H groups in total. The lowest BCUT2D eigenvalue weighted by Gasteiger charge is -2.10. The summed E-state index contributed by atoms with van der Waals surface area (Å²) in [6.07, 6.45) is 3.65. The van der Waals surface area contributed by atoms with Crippen LogP contribution < -0.4 is 0 Å². The number of benzene rings is 1. The molecule has 1 aromatic heterocycles. The summed E-state index contributed by atoms with van der Waals surface area (Å²) < 4.78 is 4.74. The van der Waals surface area contributed by atoms with Crippen molar-refractivity contribution in [2.75, 3.05) is 6.61 Å². The number of carbonyl (C=O) groups is 2. The molecule has 2 aromatic rings. The van der Waals surface area contributed by atoms with Gasteiger partial charge in [-0.15, -0.1) is 0 Å². The van der Waals surface area contributed by atoms with Gasteiger partial charge >= 0.3 is 5.97 Å². The highest BCUT2D eigenvalue weighted by molar-refractivity contribution is 5.95. The maximum absolute atomic E-state index is 11.8. The zero-order valence-corrected chi connectivity index (χ0v) is 15.0. The van der Waals surface area contributed by atoms with E-state index in [1.54, 1.807) is 25.3 Å². The summed E-state index contributed by atoms with van der Waals surface area (Å²) in [6.45, 7) is 3.81. The Kier molecular flexibility index (Phi) is 7.24. The fourth-order valence-corrected chi connectivity index (χ4v) is 2.61. The normalized spacial score (nSPS) is 12.1. The molecule has 0 aliphatic heterocycles. The largest absolute Gasteiger partial charge is 0.466 e. The summed E-state index contributed by atoms with van der Waals surface area (Å²) in [5.74, 6) is -0.921. The number of ketones is 1. The summed E-state index contributed by atoms with van der Waals surface area (Å²) in [4.78, 5) is 27.4. The number of pyridine rings is 1. The fraction of sp³-hybridized carbons (Fsp3) is 0.286. The van der Waals surface area contributed by atoms with Gasteiger partial charge in [-0.2, -0.15) is 0 Å². The first-order valence-electron chi connectivity index (χ1n) is 8.56. The summed E-state index contributed by atoms with van der Waals surface area (Å²) in [7, 11) is 0. The number of carbonyl (C=O) groups excluding carboxylic acids is 2. The van der Waals surface area contributed by atoms with Gasteiger partial charge in [0.1, 0.15) is 12.2 Å². The lowest BCUT2D eigenvalue weighted by Crippen LogP contribution is -2.16. The third-order valence-electron chi connectivity index (χ3n) is 3.84. The maximum atomic E-state index is 11.8. The van der Waals surface area contributed by atoms with Gasteiger partial charge in [-0.3, -0.25) is 14.6 Å². The molecule has 0 radical (unpaired) electrons.